The minimum absolute atomic E-state index is 0.101. The van der Waals surface area contributed by atoms with E-state index in [1.165, 1.54) is 6.08 Å². The molecule has 4 N–H and O–H groups in total. The smallest absolute Gasteiger partial charge is 0.326 e. The fraction of sp³-hybridized carbons (Fsp3) is 0.227. The molecule has 11 heteroatoms. The van der Waals surface area contributed by atoms with E-state index in [9.17, 15) is 9.59 Å². The van der Waals surface area contributed by atoms with Crippen LogP contribution in [0.4, 0.5) is 22.1 Å². The van der Waals surface area contributed by atoms with Crippen LogP contribution in [0, 0.1) is 6.57 Å². The topological polar surface area (TPSA) is 117 Å². The molecule has 1 atom stereocenters. The zero-order valence-electron chi connectivity index (χ0n) is 17.5. The number of nitrogens with zero attached hydrogens (tertiary/aromatic N) is 4. The van der Waals surface area contributed by atoms with E-state index in [1.54, 1.807) is 16.8 Å². The molecular weight excluding hydrogens is 444 g/mol. The van der Waals surface area contributed by atoms with E-state index in [1.807, 2.05) is 25.1 Å². The summed E-state index contributed by atoms with van der Waals surface area (Å²) in [5.41, 5.74) is 2.32. The number of hydrogen-bond acceptors (Lipinski definition) is 6. The van der Waals surface area contributed by atoms with Crippen molar-refractivity contribution in [1.82, 2.24) is 25.2 Å². The first-order valence-electron chi connectivity index (χ1n) is 10.3. The molecule has 1 aliphatic heterocycles. The molecule has 1 saturated carbocycles. The van der Waals surface area contributed by atoms with Crippen molar-refractivity contribution >= 4 is 52.6 Å². The van der Waals surface area contributed by atoms with Crippen LogP contribution in [-0.4, -0.2) is 32.6 Å². The average Bonchev–Trinajstić information content (AvgIpc) is 3.43. The van der Waals surface area contributed by atoms with Crippen molar-refractivity contribution in [3.63, 3.8) is 0 Å². The van der Waals surface area contributed by atoms with E-state index in [-0.39, 0.29) is 17.8 Å². The summed E-state index contributed by atoms with van der Waals surface area (Å²) in [6, 6.07) is 6.96. The fourth-order valence-electron chi connectivity index (χ4n) is 3.56. The van der Waals surface area contributed by atoms with Gasteiger partial charge in [0.25, 0.3) is 11.6 Å². The molecule has 3 heterocycles. The molecule has 2 fully saturated rings. The highest BCUT2D eigenvalue weighted by atomic mass is 35.5. The van der Waals surface area contributed by atoms with Crippen LogP contribution < -0.4 is 21.3 Å². The third kappa shape index (κ3) is 4.06. The van der Waals surface area contributed by atoms with Gasteiger partial charge in [-0.3, -0.25) is 10.1 Å². The largest absolute Gasteiger partial charge is 0.376 e. The van der Waals surface area contributed by atoms with Crippen molar-refractivity contribution in [3.05, 3.63) is 63.7 Å². The lowest BCUT2D eigenvalue weighted by molar-refractivity contribution is -0.115. The molecule has 2 aliphatic rings. The van der Waals surface area contributed by atoms with Gasteiger partial charge in [0.15, 0.2) is 5.65 Å². The molecule has 10 nitrogen and oxygen atoms in total. The van der Waals surface area contributed by atoms with Crippen molar-refractivity contribution in [3.8, 4) is 0 Å². The SMILES string of the molecule is [C-]#[N+]c1c(N[C@H](C)c2cccc(Cl)c2)nc2c(/C=C3\NC(=O)NC3=O)cnn2c1NC1CC1. The van der Waals surface area contributed by atoms with Gasteiger partial charge in [-0.25, -0.2) is 19.1 Å². The van der Waals surface area contributed by atoms with Gasteiger partial charge < -0.3 is 16.0 Å². The van der Waals surface area contributed by atoms with E-state index in [0.717, 1.165) is 18.4 Å². The Hall–Kier alpha value is -4.10. The number of urea groups is 1. The second-order valence-corrected chi connectivity index (χ2v) is 8.35. The molecule has 1 aromatic carbocycles. The Morgan fingerprint density at radius 3 is 2.82 bits per heavy atom. The molecule has 0 radical (unpaired) electrons. The molecular formula is C22H19ClN8O2. The highest BCUT2D eigenvalue weighted by Gasteiger charge is 2.28. The highest BCUT2D eigenvalue weighted by molar-refractivity contribution is 6.30. The number of anilines is 2. The molecule has 2 aromatic heterocycles. The maximum absolute atomic E-state index is 12.0. The molecule has 1 saturated heterocycles. The Balaban J connectivity index is 1.61. The zero-order chi connectivity index (χ0) is 23.1. The molecule has 0 spiro atoms. The van der Waals surface area contributed by atoms with Crippen LogP contribution in [0.15, 0.2) is 36.2 Å². The van der Waals surface area contributed by atoms with Crippen molar-refractivity contribution < 1.29 is 9.59 Å². The Kier molecular flexibility index (Phi) is 5.11. The van der Waals surface area contributed by atoms with E-state index >= 15 is 0 Å². The van der Waals surface area contributed by atoms with Gasteiger partial charge in [0.1, 0.15) is 17.3 Å². The summed E-state index contributed by atoms with van der Waals surface area (Å²) in [6.07, 6.45) is 5.07. The molecule has 5 rings (SSSR count). The number of halogens is 1. The number of carbonyl (C=O) groups excluding carboxylic acids is 2. The molecule has 3 amide bonds. The summed E-state index contributed by atoms with van der Waals surface area (Å²) in [5.74, 6) is 0.387. The molecule has 33 heavy (non-hydrogen) atoms. The summed E-state index contributed by atoms with van der Waals surface area (Å²) < 4.78 is 1.56. The van der Waals surface area contributed by atoms with Gasteiger partial charge in [-0.15, -0.1) is 0 Å². The second kappa shape index (κ2) is 8.11. The van der Waals surface area contributed by atoms with Crippen LogP contribution in [0.5, 0.6) is 0 Å². The second-order valence-electron chi connectivity index (χ2n) is 7.91. The first kappa shape index (κ1) is 20.8. The Morgan fingerprint density at radius 1 is 1.33 bits per heavy atom. The number of imide groups is 1. The molecule has 0 bridgehead atoms. The number of rotatable bonds is 6. The fourth-order valence-corrected chi connectivity index (χ4v) is 3.76. The number of nitrogens with one attached hydrogen (secondary N) is 4. The first-order valence-corrected chi connectivity index (χ1v) is 10.7. The maximum Gasteiger partial charge on any atom is 0.326 e. The Bertz CT molecular complexity index is 1370. The van der Waals surface area contributed by atoms with Crippen LogP contribution in [0.3, 0.4) is 0 Å². The quantitative estimate of drug-likeness (QED) is 0.251. The van der Waals surface area contributed by atoms with Gasteiger partial charge in [-0.05, 0) is 43.5 Å². The van der Waals surface area contributed by atoms with Crippen molar-refractivity contribution in [2.45, 2.75) is 31.8 Å². The summed E-state index contributed by atoms with van der Waals surface area (Å²) in [6.45, 7) is 9.77. The lowest BCUT2D eigenvalue weighted by Crippen LogP contribution is -2.22. The number of carbonyl (C=O) groups is 2. The summed E-state index contributed by atoms with van der Waals surface area (Å²) in [5, 5.41) is 16.4. The van der Waals surface area contributed by atoms with E-state index in [0.29, 0.717) is 33.6 Å². The number of fused-ring (bicyclic) bond motifs is 1. The number of aromatic nitrogens is 3. The van der Waals surface area contributed by atoms with Crippen LogP contribution >= 0.6 is 11.6 Å². The van der Waals surface area contributed by atoms with Crippen LogP contribution in [0.25, 0.3) is 16.6 Å². The van der Waals surface area contributed by atoms with Crippen molar-refractivity contribution in [2.24, 2.45) is 0 Å². The van der Waals surface area contributed by atoms with E-state index < -0.39 is 11.9 Å². The lowest BCUT2D eigenvalue weighted by atomic mass is 10.1. The summed E-state index contributed by atoms with van der Waals surface area (Å²) in [7, 11) is 0. The Morgan fingerprint density at radius 2 is 2.15 bits per heavy atom. The van der Waals surface area contributed by atoms with Gasteiger partial charge in [0.2, 0.25) is 0 Å². The van der Waals surface area contributed by atoms with Gasteiger partial charge in [0.05, 0.1) is 12.8 Å². The zero-order valence-corrected chi connectivity index (χ0v) is 18.3. The highest BCUT2D eigenvalue weighted by Crippen LogP contribution is 2.38. The maximum atomic E-state index is 12.0. The number of amides is 3. The van der Waals surface area contributed by atoms with E-state index in [2.05, 4.69) is 36.2 Å². The minimum Gasteiger partial charge on any atom is -0.376 e. The predicted octanol–water partition coefficient (Wildman–Crippen LogP) is 3.86. The normalized spacial score (nSPS) is 17.5. The van der Waals surface area contributed by atoms with Crippen LogP contribution in [0.2, 0.25) is 5.02 Å². The van der Waals surface area contributed by atoms with Crippen molar-refractivity contribution in [2.75, 3.05) is 10.6 Å². The molecule has 166 valence electrons. The molecule has 3 aromatic rings. The summed E-state index contributed by atoms with van der Waals surface area (Å²) >= 11 is 6.14. The number of benzene rings is 1. The van der Waals surface area contributed by atoms with Crippen LogP contribution in [-0.2, 0) is 4.79 Å². The van der Waals surface area contributed by atoms with Gasteiger partial charge in [-0.2, -0.15) is 5.10 Å². The predicted molar refractivity (Wildman–Crippen MR) is 124 cm³/mol. The van der Waals surface area contributed by atoms with E-state index in [4.69, 9.17) is 18.2 Å². The van der Waals surface area contributed by atoms with Gasteiger partial charge in [0, 0.05) is 22.7 Å². The lowest BCUT2D eigenvalue weighted by Gasteiger charge is -2.19. The van der Waals surface area contributed by atoms with Crippen molar-refractivity contribution in [1.29, 1.82) is 0 Å². The molecule has 1 aliphatic carbocycles. The summed E-state index contributed by atoms with van der Waals surface area (Å²) in [4.78, 5) is 31.9. The number of hydrogen-bond donors (Lipinski definition) is 4. The molecule has 0 unspecified atom stereocenters. The van der Waals surface area contributed by atoms with Gasteiger partial charge >= 0.3 is 6.03 Å². The third-order valence-corrected chi connectivity index (χ3v) is 5.64. The van der Waals surface area contributed by atoms with Gasteiger partial charge in [-0.1, -0.05) is 23.7 Å². The third-order valence-electron chi connectivity index (χ3n) is 5.40. The minimum atomic E-state index is -0.584. The van der Waals surface area contributed by atoms with Crippen LogP contribution in [0.1, 0.15) is 36.9 Å². The standard InChI is InChI=1S/C22H19ClN8O2/c1-11(12-4-3-5-14(23)8-12)26-18-17(24-2)20(27-15-6-7-15)31-19(29-18)13(10-25-31)9-16-21(32)30-22(33)28-16/h3-5,8-11,15,27H,6-7H2,1H3,(H,26,29)(H2,28,30,32,33)/b16-9-/t11-/m1/s1. The first-order chi connectivity index (χ1) is 15.9. The monoisotopic (exact) mass is 462 g/mol. The average molecular weight is 463 g/mol. The Labute approximate surface area is 193 Å².